The highest BCUT2D eigenvalue weighted by atomic mass is 32.1. The first-order valence-electron chi connectivity index (χ1n) is 10.6. The second-order valence-electron chi connectivity index (χ2n) is 7.28. The van der Waals surface area contributed by atoms with Gasteiger partial charge >= 0.3 is 5.97 Å². The van der Waals surface area contributed by atoms with Crippen molar-refractivity contribution in [2.45, 2.75) is 45.4 Å². The third kappa shape index (κ3) is 5.67. The summed E-state index contributed by atoms with van der Waals surface area (Å²) in [4.78, 5) is 26.5. The highest BCUT2D eigenvalue weighted by Gasteiger charge is 2.25. The van der Waals surface area contributed by atoms with Crippen LogP contribution in [0, 0.1) is 0 Å². The standard InChI is InChI=1S/C24H29NO5S/c1-4-30-24(27)22-17-9-7-5-6-8-10-20(17)31-23(22)25-21(26)14-12-16-11-13-18(28-2)19(15-16)29-3/h11-15H,4-10H2,1-3H3,(H,25,26)/b14-12+. The minimum Gasteiger partial charge on any atom is -0.493 e. The Morgan fingerprint density at radius 2 is 1.81 bits per heavy atom. The summed E-state index contributed by atoms with van der Waals surface area (Å²) >= 11 is 1.50. The van der Waals surface area contributed by atoms with E-state index in [1.165, 1.54) is 28.7 Å². The van der Waals surface area contributed by atoms with E-state index in [2.05, 4.69) is 5.32 Å². The third-order valence-corrected chi connectivity index (χ3v) is 6.43. The van der Waals surface area contributed by atoms with E-state index in [1.54, 1.807) is 39.4 Å². The number of thiophene rings is 1. The van der Waals surface area contributed by atoms with E-state index in [0.717, 1.165) is 43.2 Å². The number of ether oxygens (including phenoxy) is 3. The number of hydrogen-bond donors (Lipinski definition) is 1. The zero-order valence-electron chi connectivity index (χ0n) is 18.3. The molecule has 0 saturated heterocycles. The van der Waals surface area contributed by atoms with Crippen LogP contribution in [-0.4, -0.2) is 32.7 Å². The maximum absolute atomic E-state index is 12.7. The largest absolute Gasteiger partial charge is 0.493 e. The number of rotatable bonds is 7. The van der Waals surface area contributed by atoms with Crippen molar-refractivity contribution in [1.82, 2.24) is 0 Å². The number of amides is 1. The number of nitrogens with one attached hydrogen (secondary N) is 1. The number of carbonyl (C=O) groups is 2. The van der Waals surface area contributed by atoms with E-state index < -0.39 is 0 Å². The number of hydrogen-bond acceptors (Lipinski definition) is 6. The van der Waals surface area contributed by atoms with Gasteiger partial charge in [0.1, 0.15) is 5.00 Å². The molecule has 0 bridgehead atoms. The summed E-state index contributed by atoms with van der Waals surface area (Å²) in [7, 11) is 3.14. The monoisotopic (exact) mass is 443 g/mol. The molecule has 0 saturated carbocycles. The molecule has 1 amide bonds. The van der Waals surface area contributed by atoms with Gasteiger partial charge in [-0.3, -0.25) is 4.79 Å². The van der Waals surface area contributed by atoms with Crippen LogP contribution >= 0.6 is 11.3 Å². The van der Waals surface area contributed by atoms with E-state index in [-0.39, 0.29) is 11.9 Å². The van der Waals surface area contributed by atoms with E-state index in [4.69, 9.17) is 14.2 Å². The molecular weight excluding hydrogens is 414 g/mol. The van der Waals surface area contributed by atoms with Crippen LogP contribution in [-0.2, 0) is 22.4 Å². The quantitative estimate of drug-likeness (QED) is 0.467. The van der Waals surface area contributed by atoms with Gasteiger partial charge in [-0.15, -0.1) is 11.3 Å². The van der Waals surface area contributed by atoms with Gasteiger partial charge in [-0.2, -0.15) is 0 Å². The molecule has 166 valence electrons. The maximum atomic E-state index is 12.7. The van der Waals surface area contributed by atoms with Crippen LogP contribution in [0.4, 0.5) is 5.00 Å². The molecule has 7 heteroatoms. The Morgan fingerprint density at radius 3 is 2.52 bits per heavy atom. The fourth-order valence-electron chi connectivity index (χ4n) is 3.71. The minimum absolute atomic E-state index is 0.297. The smallest absolute Gasteiger partial charge is 0.341 e. The van der Waals surface area contributed by atoms with Crippen molar-refractivity contribution in [3.05, 3.63) is 45.8 Å². The molecule has 0 unspecified atom stereocenters. The van der Waals surface area contributed by atoms with E-state index in [9.17, 15) is 9.59 Å². The first-order chi connectivity index (χ1) is 15.1. The lowest BCUT2D eigenvalue weighted by Gasteiger charge is -2.11. The normalized spacial score (nSPS) is 13.8. The summed E-state index contributed by atoms with van der Waals surface area (Å²) < 4.78 is 15.8. The van der Waals surface area contributed by atoms with Gasteiger partial charge in [-0.05, 0) is 61.9 Å². The lowest BCUT2D eigenvalue weighted by Crippen LogP contribution is -2.13. The summed E-state index contributed by atoms with van der Waals surface area (Å²) in [6.07, 6.45) is 9.43. The Hall–Kier alpha value is -2.80. The highest BCUT2D eigenvalue weighted by Crippen LogP contribution is 2.37. The Labute approximate surface area is 187 Å². The zero-order valence-corrected chi connectivity index (χ0v) is 19.1. The molecule has 0 fully saturated rings. The van der Waals surface area contributed by atoms with Crippen LogP contribution in [0.3, 0.4) is 0 Å². The number of fused-ring (bicyclic) bond motifs is 1. The number of anilines is 1. The predicted molar refractivity (Wildman–Crippen MR) is 123 cm³/mol. The molecule has 0 aliphatic heterocycles. The van der Waals surface area contributed by atoms with Gasteiger partial charge in [0.15, 0.2) is 11.5 Å². The Balaban J connectivity index is 1.82. The molecule has 1 aliphatic carbocycles. The van der Waals surface area contributed by atoms with Gasteiger partial charge < -0.3 is 19.5 Å². The van der Waals surface area contributed by atoms with Crippen LogP contribution in [0.15, 0.2) is 24.3 Å². The average Bonchev–Trinajstić information content (AvgIpc) is 3.08. The molecule has 0 spiro atoms. The third-order valence-electron chi connectivity index (χ3n) is 5.22. The minimum atomic E-state index is -0.361. The zero-order chi connectivity index (χ0) is 22.2. The Morgan fingerprint density at radius 1 is 1.06 bits per heavy atom. The molecule has 1 aromatic carbocycles. The van der Waals surface area contributed by atoms with Crippen LogP contribution in [0.5, 0.6) is 11.5 Å². The van der Waals surface area contributed by atoms with Gasteiger partial charge in [0.2, 0.25) is 5.91 Å². The molecule has 1 N–H and O–H groups in total. The summed E-state index contributed by atoms with van der Waals surface area (Å²) in [6.45, 7) is 2.09. The number of aryl methyl sites for hydroxylation is 1. The SMILES string of the molecule is CCOC(=O)c1c(NC(=O)/C=C/c2ccc(OC)c(OC)c2)sc2c1CCCCCC2. The molecule has 31 heavy (non-hydrogen) atoms. The molecule has 1 heterocycles. The lowest BCUT2D eigenvalue weighted by atomic mass is 9.96. The predicted octanol–water partition coefficient (Wildman–Crippen LogP) is 5.25. The average molecular weight is 444 g/mol. The first-order valence-corrected chi connectivity index (χ1v) is 11.4. The molecule has 6 nitrogen and oxygen atoms in total. The van der Waals surface area contributed by atoms with Gasteiger partial charge in [0.25, 0.3) is 0 Å². The number of methoxy groups -OCH3 is 2. The van der Waals surface area contributed by atoms with Crippen molar-refractivity contribution in [3.63, 3.8) is 0 Å². The molecule has 0 atom stereocenters. The summed E-state index contributed by atoms with van der Waals surface area (Å²) in [6, 6.07) is 5.42. The number of carbonyl (C=O) groups excluding carboxylic acids is 2. The fourth-order valence-corrected chi connectivity index (χ4v) is 4.99. The number of esters is 1. The van der Waals surface area contributed by atoms with Crippen LogP contribution in [0.2, 0.25) is 0 Å². The maximum Gasteiger partial charge on any atom is 0.341 e. The van der Waals surface area contributed by atoms with Gasteiger partial charge in [-0.25, -0.2) is 4.79 Å². The van der Waals surface area contributed by atoms with Crippen molar-refractivity contribution in [3.8, 4) is 11.5 Å². The highest BCUT2D eigenvalue weighted by molar-refractivity contribution is 7.17. The number of benzene rings is 1. The van der Waals surface area contributed by atoms with Crippen LogP contribution in [0.25, 0.3) is 6.08 Å². The summed E-state index contributed by atoms with van der Waals surface area (Å²) in [5, 5.41) is 3.48. The van der Waals surface area contributed by atoms with Crippen LogP contribution < -0.4 is 14.8 Å². The van der Waals surface area contributed by atoms with Crippen molar-refractivity contribution < 1.29 is 23.8 Å². The molecule has 3 rings (SSSR count). The molecule has 0 radical (unpaired) electrons. The van der Waals surface area contributed by atoms with E-state index in [0.29, 0.717) is 28.7 Å². The molecule has 1 aliphatic rings. The van der Waals surface area contributed by atoms with Crippen molar-refractivity contribution >= 4 is 34.3 Å². The topological polar surface area (TPSA) is 73.9 Å². The van der Waals surface area contributed by atoms with Crippen LogP contribution in [0.1, 0.15) is 59.0 Å². The lowest BCUT2D eigenvalue weighted by molar-refractivity contribution is -0.111. The Kier molecular flexibility index (Phi) is 8.12. The molecule has 1 aromatic heterocycles. The second-order valence-corrected chi connectivity index (χ2v) is 8.38. The van der Waals surface area contributed by atoms with Crippen molar-refractivity contribution in [2.24, 2.45) is 0 Å². The Bertz CT molecular complexity index is 963. The van der Waals surface area contributed by atoms with Gasteiger partial charge in [0, 0.05) is 11.0 Å². The van der Waals surface area contributed by atoms with Gasteiger partial charge in [0.05, 0.1) is 26.4 Å². The first kappa shape index (κ1) is 22.9. The molecule has 2 aromatic rings. The summed E-state index contributed by atoms with van der Waals surface area (Å²) in [5.41, 5.74) is 2.37. The van der Waals surface area contributed by atoms with Crippen molar-refractivity contribution in [1.29, 1.82) is 0 Å². The molecular formula is C24H29NO5S. The summed E-state index contributed by atoms with van der Waals surface area (Å²) in [5.74, 6) is 0.557. The fraction of sp³-hybridized carbons (Fsp3) is 0.417. The van der Waals surface area contributed by atoms with Gasteiger partial charge in [-0.1, -0.05) is 18.9 Å². The van der Waals surface area contributed by atoms with E-state index >= 15 is 0 Å². The second kappa shape index (κ2) is 11.0. The van der Waals surface area contributed by atoms with E-state index in [1.807, 2.05) is 6.07 Å². The van der Waals surface area contributed by atoms with Crippen molar-refractivity contribution in [2.75, 3.05) is 26.1 Å².